The van der Waals surface area contributed by atoms with E-state index in [1.165, 1.54) is 0 Å². The average molecular weight is 257 g/mol. The largest absolute Gasteiger partial charge is 0.396 e. The van der Waals surface area contributed by atoms with E-state index in [4.69, 9.17) is 5.11 Å². The molecule has 6 heteroatoms. The molecule has 1 aliphatic rings. The van der Waals surface area contributed by atoms with Crippen molar-refractivity contribution in [1.82, 2.24) is 14.8 Å². The molecule has 5 nitrogen and oxygen atoms in total. The van der Waals surface area contributed by atoms with Crippen LogP contribution >= 0.6 is 11.8 Å². The molecule has 1 aliphatic carbocycles. The van der Waals surface area contributed by atoms with Gasteiger partial charge >= 0.3 is 5.69 Å². The van der Waals surface area contributed by atoms with Gasteiger partial charge in [0.1, 0.15) is 0 Å². The Labute approximate surface area is 105 Å². The van der Waals surface area contributed by atoms with Crippen LogP contribution in [0, 0.1) is 0 Å². The third-order valence-electron chi connectivity index (χ3n) is 2.87. The van der Waals surface area contributed by atoms with E-state index in [9.17, 15) is 4.79 Å². The van der Waals surface area contributed by atoms with Crippen molar-refractivity contribution in [3.05, 3.63) is 10.5 Å². The van der Waals surface area contributed by atoms with E-state index in [1.54, 1.807) is 16.3 Å². The molecule has 0 bridgehead atoms. The molecule has 0 saturated heterocycles. The zero-order valence-corrected chi connectivity index (χ0v) is 10.7. The number of nitrogens with zero attached hydrogens (tertiary/aromatic N) is 2. The van der Waals surface area contributed by atoms with Crippen LogP contribution in [0.15, 0.2) is 9.95 Å². The summed E-state index contributed by atoms with van der Waals surface area (Å²) in [6.45, 7) is 0.285. The summed E-state index contributed by atoms with van der Waals surface area (Å²) in [7, 11) is 0. The second-order valence-electron chi connectivity index (χ2n) is 4.40. The number of H-pyrrole nitrogens is 1. The van der Waals surface area contributed by atoms with Gasteiger partial charge in [-0.15, -0.1) is 5.10 Å². The summed E-state index contributed by atoms with van der Waals surface area (Å²) in [6.07, 6.45) is 6.40. The van der Waals surface area contributed by atoms with Crippen LogP contribution in [0.3, 0.4) is 0 Å². The lowest BCUT2D eigenvalue weighted by Crippen LogP contribution is -2.16. The number of nitrogens with one attached hydrogen (secondary N) is 1. The van der Waals surface area contributed by atoms with Crippen LogP contribution in [0.4, 0.5) is 0 Å². The van der Waals surface area contributed by atoms with Crippen molar-refractivity contribution in [3.63, 3.8) is 0 Å². The van der Waals surface area contributed by atoms with Crippen molar-refractivity contribution < 1.29 is 5.11 Å². The van der Waals surface area contributed by atoms with E-state index < -0.39 is 0 Å². The van der Waals surface area contributed by atoms with Crippen molar-refractivity contribution in [2.45, 2.75) is 49.7 Å². The summed E-state index contributed by atoms with van der Waals surface area (Å²) < 4.78 is 1.79. The Bertz CT molecular complexity index is 398. The molecule has 2 N–H and O–H groups in total. The third kappa shape index (κ3) is 3.61. The first-order valence-electron chi connectivity index (χ1n) is 6.23. The van der Waals surface area contributed by atoms with Gasteiger partial charge < -0.3 is 5.11 Å². The fourth-order valence-corrected chi connectivity index (χ4v) is 2.79. The van der Waals surface area contributed by atoms with Crippen molar-refractivity contribution in [2.24, 2.45) is 0 Å². The van der Waals surface area contributed by atoms with Crippen molar-refractivity contribution in [1.29, 1.82) is 0 Å². The Kier molecular flexibility index (Phi) is 4.67. The molecular weight excluding hydrogens is 238 g/mol. The van der Waals surface area contributed by atoms with Gasteiger partial charge in [-0.2, -0.15) is 0 Å². The molecule has 1 saturated carbocycles. The molecular formula is C11H19N3O2S. The lowest BCUT2D eigenvalue weighted by atomic mass is 10.2. The highest BCUT2D eigenvalue weighted by Crippen LogP contribution is 2.36. The molecule has 1 heterocycles. The second-order valence-corrected chi connectivity index (χ2v) is 5.46. The number of aliphatic hydroxyl groups excluding tert-OH is 1. The summed E-state index contributed by atoms with van der Waals surface area (Å²) in [5, 5.41) is 16.1. The second kappa shape index (κ2) is 6.26. The predicted octanol–water partition coefficient (Wildman–Crippen LogP) is 1.55. The van der Waals surface area contributed by atoms with Gasteiger partial charge in [-0.05, 0) is 25.7 Å². The molecule has 17 heavy (non-hydrogen) atoms. The monoisotopic (exact) mass is 257 g/mol. The van der Waals surface area contributed by atoms with E-state index in [0.29, 0.717) is 6.04 Å². The molecule has 96 valence electrons. The third-order valence-corrected chi connectivity index (χ3v) is 3.91. The molecule has 1 fully saturated rings. The molecule has 0 aliphatic heterocycles. The number of aliphatic hydroxyl groups is 1. The van der Waals surface area contributed by atoms with E-state index in [1.807, 2.05) is 0 Å². The predicted molar refractivity (Wildman–Crippen MR) is 67.4 cm³/mol. The van der Waals surface area contributed by atoms with Gasteiger partial charge in [0.25, 0.3) is 0 Å². The van der Waals surface area contributed by atoms with Crippen molar-refractivity contribution in [3.8, 4) is 0 Å². The smallest absolute Gasteiger partial charge is 0.344 e. The van der Waals surface area contributed by atoms with E-state index in [2.05, 4.69) is 10.2 Å². The first-order chi connectivity index (χ1) is 8.33. The first-order valence-corrected chi connectivity index (χ1v) is 7.22. The van der Waals surface area contributed by atoms with Crippen LogP contribution < -0.4 is 5.69 Å². The van der Waals surface area contributed by atoms with Crippen LogP contribution in [-0.4, -0.2) is 32.2 Å². The molecule has 1 aromatic heterocycles. The van der Waals surface area contributed by atoms with Gasteiger partial charge in [0.2, 0.25) is 0 Å². The van der Waals surface area contributed by atoms with Crippen LogP contribution in [0.2, 0.25) is 0 Å². The summed E-state index contributed by atoms with van der Waals surface area (Å²) in [5.41, 5.74) is -0.0738. The number of rotatable bonds is 8. The number of hydrogen-bond acceptors (Lipinski definition) is 4. The van der Waals surface area contributed by atoms with Gasteiger partial charge in [-0.25, -0.2) is 9.89 Å². The maximum Gasteiger partial charge on any atom is 0.344 e. The number of aromatic amines is 1. The number of thioether (sulfide) groups is 1. The summed E-state index contributed by atoms with van der Waals surface area (Å²) >= 11 is 1.65. The zero-order valence-electron chi connectivity index (χ0n) is 9.89. The first kappa shape index (κ1) is 12.7. The van der Waals surface area contributed by atoms with Crippen LogP contribution in [0.1, 0.15) is 44.6 Å². The molecule has 0 unspecified atom stereocenters. The SMILES string of the molecule is O=c1[nH]nc(SCCCCCCO)n1C1CC1. The Balaban J connectivity index is 1.73. The molecule has 0 atom stereocenters. The molecule has 0 radical (unpaired) electrons. The summed E-state index contributed by atoms with van der Waals surface area (Å²) in [4.78, 5) is 11.5. The highest BCUT2D eigenvalue weighted by atomic mass is 32.2. The fraction of sp³-hybridized carbons (Fsp3) is 0.818. The molecule has 0 spiro atoms. The van der Waals surface area contributed by atoms with Crippen LogP contribution in [0.5, 0.6) is 0 Å². The topological polar surface area (TPSA) is 70.9 Å². The molecule has 0 amide bonds. The number of unbranched alkanes of at least 4 members (excludes halogenated alkanes) is 3. The minimum atomic E-state index is -0.0738. The fourth-order valence-electron chi connectivity index (χ4n) is 1.78. The van der Waals surface area contributed by atoms with Gasteiger partial charge in [0, 0.05) is 18.4 Å². The quantitative estimate of drug-likeness (QED) is 0.547. The van der Waals surface area contributed by atoms with Gasteiger partial charge in [-0.1, -0.05) is 24.6 Å². The van der Waals surface area contributed by atoms with E-state index in [-0.39, 0.29) is 12.3 Å². The Hall–Kier alpha value is -0.750. The Morgan fingerprint density at radius 3 is 2.82 bits per heavy atom. The van der Waals surface area contributed by atoms with Crippen molar-refractivity contribution >= 4 is 11.8 Å². The average Bonchev–Trinajstić information content (AvgIpc) is 3.09. The molecule has 2 rings (SSSR count). The van der Waals surface area contributed by atoms with Gasteiger partial charge in [-0.3, -0.25) is 4.57 Å². The number of hydrogen-bond donors (Lipinski definition) is 2. The highest BCUT2D eigenvalue weighted by molar-refractivity contribution is 7.99. The minimum Gasteiger partial charge on any atom is -0.396 e. The lowest BCUT2D eigenvalue weighted by molar-refractivity contribution is 0.283. The van der Waals surface area contributed by atoms with Crippen molar-refractivity contribution in [2.75, 3.05) is 12.4 Å². The van der Waals surface area contributed by atoms with Gasteiger partial charge in [0.05, 0.1) is 0 Å². The van der Waals surface area contributed by atoms with E-state index >= 15 is 0 Å². The standard InChI is InChI=1S/C11H19N3O2S/c15-7-3-1-2-4-8-17-11-13-12-10(16)14(11)9-5-6-9/h9,15H,1-8H2,(H,12,16). The number of aromatic nitrogens is 3. The molecule has 1 aromatic rings. The highest BCUT2D eigenvalue weighted by Gasteiger charge is 2.28. The lowest BCUT2D eigenvalue weighted by Gasteiger charge is -2.03. The molecule has 0 aromatic carbocycles. The summed E-state index contributed by atoms with van der Waals surface area (Å²) in [5.74, 6) is 0.989. The Morgan fingerprint density at radius 2 is 2.12 bits per heavy atom. The Morgan fingerprint density at radius 1 is 1.35 bits per heavy atom. The maximum absolute atomic E-state index is 11.5. The van der Waals surface area contributed by atoms with Crippen LogP contribution in [0.25, 0.3) is 0 Å². The van der Waals surface area contributed by atoms with Gasteiger partial charge in [0.15, 0.2) is 5.16 Å². The maximum atomic E-state index is 11.5. The minimum absolute atomic E-state index is 0.0738. The van der Waals surface area contributed by atoms with E-state index in [0.717, 1.165) is 49.4 Å². The normalized spacial score (nSPS) is 15.4. The van der Waals surface area contributed by atoms with Crippen LogP contribution in [-0.2, 0) is 0 Å². The summed E-state index contributed by atoms with van der Waals surface area (Å²) in [6, 6.07) is 0.387. The zero-order chi connectivity index (χ0) is 12.1.